The molecule has 0 aliphatic heterocycles. The Hall–Kier alpha value is -3.07. The molecule has 3 aromatic rings. The number of carbonyl (C=O) groups is 1. The lowest BCUT2D eigenvalue weighted by Crippen LogP contribution is -2.40. The molecule has 0 unspecified atom stereocenters. The number of aliphatic carboxylic acids is 1. The summed E-state index contributed by atoms with van der Waals surface area (Å²) >= 11 is 0. The molecule has 26 heavy (non-hydrogen) atoms. The lowest BCUT2D eigenvalue weighted by atomic mass is 9.72. The average molecular weight is 345 g/mol. The number of benzene rings is 3. The van der Waals surface area contributed by atoms with Gasteiger partial charge in [-0.05, 0) is 29.7 Å². The normalized spacial score (nSPS) is 11.1. The molecule has 0 atom stereocenters. The van der Waals surface area contributed by atoms with Crippen molar-refractivity contribution in [3.63, 3.8) is 0 Å². The van der Waals surface area contributed by atoms with Crippen LogP contribution in [0.2, 0.25) is 0 Å². The van der Waals surface area contributed by atoms with Crippen molar-refractivity contribution in [3.8, 4) is 0 Å². The molecule has 1 N–H and O–H groups in total. The quantitative estimate of drug-likeness (QED) is 0.681. The van der Waals surface area contributed by atoms with Gasteiger partial charge in [0.25, 0.3) is 0 Å². The zero-order valence-corrected chi connectivity index (χ0v) is 14.9. The highest BCUT2D eigenvalue weighted by Crippen LogP contribution is 2.36. The number of rotatable bonds is 7. The first kappa shape index (κ1) is 17.7. The molecular formula is C23H23NO2. The molecule has 0 heterocycles. The molecule has 0 aliphatic rings. The number of para-hydroxylation sites is 1. The summed E-state index contributed by atoms with van der Waals surface area (Å²) in [4.78, 5) is 14.7. The molecular weight excluding hydrogens is 322 g/mol. The maximum Gasteiger partial charge on any atom is 0.318 e. The van der Waals surface area contributed by atoms with Crippen molar-refractivity contribution >= 4 is 11.7 Å². The summed E-state index contributed by atoms with van der Waals surface area (Å²) < 4.78 is 0. The standard InChI is InChI=1S/C23H23NO2/c1-24(21-15-9-4-10-16-21)18-17-23(22(25)26,19-11-5-2-6-12-19)20-13-7-3-8-14-20/h2-16H,17-18H2,1H3,(H,25,26). The third-order valence-corrected chi connectivity index (χ3v) is 4.92. The van der Waals surface area contributed by atoms with Crippen LogP contribution in [0.25, 0.3) is 0 Å². The van der Waals surface area contributed by atoms with Crippen molar-refractivity contribution in [2.45, 2.75) is 11.8 Å². The van der Waals surface area contributed by atoms with E-state index in [1.165, 1.54) is 0 Å². The second-order valence-corrected chi connectivity index (χ2v) is 6.45. The third kappa shape index (κ3) is 3.47. The minimum atomic E-state index is -1.08. The van der Waals surface area contributed by atoms with E-state index < -0.39 is 11.4 Å². The highest BCUT2D eigenvalue weighted by atomic mass is 16.4. The topological polar surface area (TPSA) is 40.5 Å². The fraction of sp³-hybridized carbons (Fsp3) is 0.174. The van der Waals surface area contributed by atoms with Gasteiger partial charge in [-0.1, -0.05) is 78.9 Å². The number of anilines is 1. The van der Waals surface area contributed by atoms with E-state index in [-0.39, 0.29) is 0 Å². The molecule has 3 heteroatoms. The van der Waals surface area contributed by atoms with Gasteiger partial charge >= 0.3 is 5.97 Å². The minimum absolute atomic E-state index is 0.474. The van der Waals surface area contributed by atoms with Gasteiger partial charge in [0.15, 0.2) is 0 Å². The van der Waals surface area contributed by atoms with E-state index in [0.29, 0.717) is 13.0 Å². The summed E-state index contributed by atoms with van der Waals surface area (Å²) in [6.07, 6.45) is 0.474. The predicted octanol–water partition coefficient (Wildman–Crippen LogP) is 4.58. The van der Waals surface area contributed by atoms with Crippen LogP contribution in [0.15, 0.2) is 91.0 Å². The Morgan fingerprint density at radius 2 is 1.23 bits per heavy atom. The Kier molecular flexibility index (Phi) is 5.37. The van der Waals surface area contributed by atoms with Crippen molar-refractivity contribution in [2.24, 2.45) is 0 Å². The Morgan fingerprint density at radius 1 is 0.808 bits per heavy atom. The van der Waals surface area contributed by atoms with Crippen LogP contribution >= 0.6 is 0 Å². The average Bonchev–Trinajstić information content (AvgIpc) is 2.70. The van der Waals surface area contributed by atoms with Crippen LogP contribution < -0.4 is 4.90 Å². The van der Waals surface area contributed by atoms with E-state index in [9.17, 15) is 9.90 Å². The first-order chi connectivity index (χ1) is 12.6. The highest BCUT2D eigenvalue weighted by Gasteiger charge is 2.42. The van der Waals surface area contributed by atoms with Crippen LogP contribution in [0.5, 0.6) is 0 Å². The highest BCUT2D eigenvalue weighted by molar-refractivity contribution is 5.86. The van der Waals surface area contributed by atoms with Crippen LogP contribution in [-0.4, -0.2) is 24.7 Å². The van der Waals surface area contributed by atoms with Gasteiger partial charge in [0.2, 0.25) is 0 Å². The van der Waals surface area contributed by atoms with Gasteiger partial charge in [-0.2, -0.15) is 0 Å². The Morgan fingerprint density at radius 3 is 1.65 bits per heavy atom. The predicted molar refractivity (Wildman–Crippen MR) is 106 cm³/mol. The molecule has 0 aliphatic carbocycles. The van der Waals surface area contributed by atoms with Crippen molar-refractivity contribution in [2.75, 3.05) is 18.5 Å². The molecule has 0 spiro atoms. The molecule has 0 bridgehead atoms. The lowest BCUT2D eigenvalue weighted by molar-refractivity contribution is -0.142. The summed E-state index contributed by atoms with van der Waals surface area (Å²) in [5.41, 5.74) is 1.61. The van der Waals surface area contributed by atoms with Crippen LogP contribution in [0.1, 0.15) is 17.5 Å². The Balaban J connectivity index is 1.99. The monoisotopic (exact) mass is 345 g/mol. The molecule has 0 radical (unpaired) electrons. The molecule has 132 valence electrons. The van der Waals surface area contributed by atoms with Gasteiger partial charge in [0.05, 0.1) is 0 Å². The summed E-state index contributed by atoms with van der Waals surface area (Å²) in [5.74, 6) is -0.823. The van der Waals surface area contributed by atoms with E-state index in [0.717, 1.165) is 16.8 Å². The zero-order valence-electron chi connectivity index (χ0n) is 14.9. The van der Waals surface area contributed by atoms with E-state index in [4.69, 9.17) is 0 Å². The maximum absolute atomic E-state index is 12.6. The molecule has 0 saturated heterocycles. The summed E-state index contributed by atoms with van der Waals surface area (Å²) in [7, 11) is 2.00. The van der Waals surface area contributed by atoms with Crippen molar-refractivity contribution in [1.29, 1.82) is 0 Å². The van der Waals surface area contributed by atoms with Crippen molar-refractivity contribution in [1.82, 2.24) is 0 Å². The molecule has 3 aromatic carbocycles. The SMILES string of the molecule is CN(CCC(C(=O)O)(c1ccccc1)c1ccccc1)c1ccccc1. The molecule has 0 fully saturated rings. The van der Waals surface area contributed by atoms with Crippen molar-refractivity contribution < 1.29 is 9.90 Å². The number of hydrogen-bond donors (Lipinski definition) is 1. The van der Waals surface area contributed by atoms with Crippen molar-refractivity contribution in [3.05, 3.63) is 102 Å². The molecule has 0 saturated carbocycles. The summed E-state index contributed by atoms with van der Waals surface area (Å²) in [6, 6.07) is 29.1. The summed E-state index contributed by atoms with van der Waals surface area (Å²) in [6.45, 7) is 0.625. The summed E-state index contributed by atoms with van der Waals surface area (Å²) in [5, 5.41) is 10.3. The molecule has 3 rings (SSSR count). The van der Waals surface area contributed by atoms with Crippen LogP contribution in [0, 0.1) is 0 Å². The van der Waals surface area contributed by atoms with Gasteiger partial charge in [-0.3, -0.25) is 4.79 Å². The van der Waals surface area contributed by atoms with E-state index in [1.807, 2.05) is 98.0 Å². The second-order valence-electron chi connectivity index (χ2n) is 6.45. The van der Waals surface area contributed by atoms with Crippen LogP contribution in [-0.2, 0) is 10.2 Å². The van der Waals surface area contributed by atoms with Gasteiger partial charge in [0, 0.05) is 19.3 Å². The van der Waals surface area contributed by atoms with Gasteiger partial charge in [0.1, 0.15) is 5.41 Å². The molecule has 0 aromatic heterocycles. The molecule has 3 nitrogen and oxygen atoms in total. The Bertz CT molecular complexity index is 792. The van der Waals surface area contributed by atoms with Crippen LogP contribution in [0.4, 0.5) is 5.69 Å². The van der Waals surface area contributed by atoms with Gasteiger partial charge in [-0.25, -0.2) is 0 Å². The maximum atomic E-state index is 12.6. The number of nitrogens with zero attached hydrogens (tertiary/aromatic N) is 1. The van der Waals surface area contributed by atoms with Gasteiger partial charge in [-0.15, -0.1) is 0 Å². The Labute approximate surface area is 154 Å². The number of hydrogen-bond acceptors (Lipinski definition) is 2. The number of carboxylic acid groups (broad SMARTS) is 1. The lowest BCUT2D eigenvalue weighted by Gasteiger charge is -2.33. The van der Waals surface area contributed by atoms with Crippen LogP contribution in [0.3, 0.4) is 0 Å². The van der Waals surface area contributed by atoms with Gasteiger partial charge < -0.3 is 10.0 Å². The molecule has 0 amide bonds. The first-order valence-corrected chi connectivity index (χ1v) is 8.75. The third-order valence-electron chi connectivity index (χ3n) is 4.92. The minimum Gasteiger partial charge on any atom is -0.480 e. The zero-order chi connectivity index (χ0) is 18.4. The van der Waals surface area contributed by atoms with E-state index in [2.05, 4.69) is 4.90 Å². The first-order valence-electron chi connectivity index (χ1n) is 8.75. The largest absolute Gasteiger partial charge is 0.480 e. The fourth-order valence-electron chi connectivity index (χ4n) is 3.40. The fourth-order valence-corrected chi connectivity index (χ4v) is 3.40. The number of carboxylic acids is 1. The van der Waals surface area contributed by atoms with E-state index in [1.54, 1.807) is 0 Å². The second kappa shape index (κ2) is 7.87. The van der Waals surface area contributed by atoms with E-state index >= 15 is 0 Å². The smallest absolute Gasteiger partial charge is 0.318 e.